The van der Waals surface area contributed by atoms with Gasteiger partial charge in [-0.15, -0.1) is 0 Å². The molecule has 2 aromatic carbocycles. The minimum atomic E-state index is -0.344. The van der Waals surface area contributed by atoms with Gasteiger partial charge in [-0.3, -0.25) is 14.9 Å². The molecule has 1 aliphatic heterocycles. The van der Waals surface area contributed by atoms with Gasteiger partial charge in [-0.1, -0.05) is 12.1 Å². The average molecular weight is 445 g/mol. The van der Waals surface area contributed by atoms with Crippen LogP contribution in [0, 0.1) is 10.1 Å². The maximum atomic E-state index is 12.8. The first-order valence-corrected chi connectivity index (χ1v) is 10.2. The number of benzene rings is 2. The molecule has 1 heterocycles. The van der Waals surface area contributed by atoms with Crippen LogP contribution in [0.4, 0.5) is 17.1 Å². The lowest BCUT2D eigenvalue weighted by Gasteiger charge is -2.36. The number of rotatable bonds is 5. The number of nitrogens with one attached hydrogen (secondary N) is 1. The van der Waals surface area contributed by atoms with Gasteiger partial charge in [0.2, 0.25) is 0 Å². The summed E-state index contributed by atoms with van der Waals surface area (Å²) in [5.41, 5.74) is 2.30. The summed E-state index contributed by atoms with van der Waals surface area (Å²) in [6, 6.07) is 13.0. The molecular weight excluding hydrogens is 424 g/mol. The summed E-state index contributed by atoms with van der Waals surface area (Å²) >= 11 is 3.44. The van der Waals surface area contributed by atoms with Crippen LogP contribution in [0.5, 0.6) is 0 Å². The molecule has 2 aliphatic rings. The molecule has 28 heavy (non-hydrogen) atoms. The molecule has 1 amide bonds. The van der Waals surface area contributed by atoms with Crippen molar-refractivity contribution >= 4 is 38.9 Å². The van der Waals surface area contributed by atoms with E-state index in [0.717, 1.165) is 23.0 Å². The van der Waals surface area contributed by atoms with Crippen LogP contribution in [0.3, 0.4) is 0 Å². The average Bonchev–Trinajstić information content (AvgIpc) is 3.52. The number of anilines is 2. The van der Waals surface area contributed by atoms with Gasteiger partial charge in [0.05, 0.1) is 10.5 Å². The van der Waals surface area contributed by atoms with Crippen LogP contribution in [0.25, 0.3) is 0 Å². The van der Waals surface area contributed by atoms with Gasteiger partial charge in [0.1, 0.15) is 5.69 Å². The minimum absolute atomic E-state index is 0.0203. The topological polar surface area (TPSA) is 78.7 Å². The van der Waals surface area contributed by atoms with E-state index in [0.29, 0.717) is 43.5 Å². The molecule has 0 radical (unpaired) electrons. The van der Waals surface area contributed by atoms with Gasteiger partial charge >= 0.3 is 0 Å². The maximum Gasteiger partial charge on any atom is 0.292 e. The molecule has 1 saturated carbocycles. The van der Waals surface area contributed by atoms with Gasteiger partial charge in [0.25, 0.3) is 11.6 Å². The van der Waals surface area contributed by atoms with Crippen LogP contribution in [0.15, 0.2) is 46.9 Å². The predicted octanol–water partition coefficient (Wildman–Crippen LogP) is 3.89. The molecule has 0 aromatic heterocycles. The summed E-state index contributed by atoms with van der Waals surface area (Å²) in [5, 5.41) is 14.6. The number of nitro benzene ring substituents is 1. The number of piperazine rings is 1. The number of nitro groups is 1. The Morgan fingerprint density at radius 3 is 2.46 bits per heavy atom. The molecule has 1 N–H and O–H groups in total. The molecule has 1 saturated heterocycles. The van der Waals surface area contributed by atoms with Gasteiger partial charge in [-0.2, -0.15) is 0 Å². The zero-order valence-corrected chi connectivity index (χ0v) is 16.9. The summed E-state index contributed by atoms with van der Waals surface area (Å²) < 4.78 is 0.800. The molecule has 1 aliphatic carbocycles. The lowest BCUT2D eigenvalue weighted by atomic mass is 10.1. The number of hydrogen-bond donors (Lipinski definition) is 1. The summed E-state index contributed by atoms with van der Waals surface area (Å²) in [7, 11) is 0. The monoisotopic (exact) mass is 444 g/mol. The van der Waals surface area contributed by atoms with E-state index in [-0.39, 0.29) is 16.5 Å². The highest BCUT2D eigenvalue weighted by Gasteiger charge is 2.27. The molecule has 146 valence electrons. The molecular formula is C20H21BrN4O3. The Morgan fingerprint density at radius 2 is 1.82 bits per heavy atom. The fourth-order valence-electron chi connectivity index (χ4n) is 3.42. The number of carbonyl (C=O) groups excluding carboxylic acids is 1. The molecule has 0 spiro atoms. The van der Waals surface area contributed by atoms with Crippen molar-refractivity contribution < 1.29 is 9.72 Å². The third-order valence-corrected chi connectivity index (χ3v) is 5.84. The van der Waals surface area contributed by atoms with Crippen molar-refractivity contribution in [1.29, 1.82) is 0 Å². The quantitative estimate of drug-likeness (QED) is 0.558. The third kappa shape index (κ3) is 3.96. The number of nitrogens with zero attached hydrogens (tertiary/aromatic N) is 3. The van der Waals surface area contributed by atoms with Crippen LogP contribution in [-0.4, -0.2) is 48.0 Å². The van der Waals surface area contributed by atoms with Crippen LogP contribution < -0.4 is 10.2 Å². The molecule has 0 bridgehead atoms. The second kappa shape index (κ2) is 7.79. The van der Waals surface area contributed by atoms with E-state index in [1.165, 1.54) is 0 Å². The molecule has 4 rings (SSSR count). The summed E-state index contributed by atoms with van der Waals surface area (Å²) in [6.07, 6.45) is 2.11. The second-order valence-corrected chi connectivity index (χ2v) is 7.99. The Kier molecular flexibility index (Phi) is 5.21. The number of amides is 1. The Bertz CT molecular complexity index is 908. The fraction of sp³-hybridized carbons (Fsp3) is 0.350. The molecule has 8 heteroatoms. The van der Waals surface area contributed by atoms with Gasteiger partial charge in [-0.05, 0) is 53.0 Å². The Hall–Kier alpha value is -2.61. The normalized spacial score (nSPS) is 16.8. The summed E-state index contributed by atoms with van der Waals surface area (Å²) in [4.78, 5) is 27.7. The largest absolute Gasteiger partial charge is 0.377 e. The van der Waals surface area contributed by atoms with Crippen LogP contribution in [0.1, 0.15) is 23.2 Å². The number of carbonyl (C=O) groups is 1. The van der Waals surface area contributed by atoms with E-state index in [2.05, 4.69) is 26.1 Å². The summed E-state index contributed by atoms with van der Waals surface area (Å²) in [5.74, 6) is 0.0203. The highest BCUT2D eigenvalue weighted by atomic mass is 79.9. The van der Waals surface area contributed by atoms with Gasteiger partial charge in [0, 0.05) is 48.4 Å². The van der Waals surface area contributed by atoms with E-state index in [1.54, 1.807) is 12.1 Å². The van der Waals surface area contributed by atoms with Crippen molar-refractivity contribution in [2.75, 3.05) is 36.4 Å². The van der Waals surface area contributed by atoms with E-state index in [1.807, 2.05) is 35.2 Å². The van der Waals surface area contributed by atoms with Crippen molar-refractivity contribution in [2.24, 2.45) is 0 Å². The molecule has 0 atom stereocenters. The molecule has 2 fully saturated rings. The Labute approximate surface area is 171 Å². The van der Waals surface area contributed by atoms with Crippen molar-refractivity contribution in [3.05, 3.63) is 62.6 Å². The number of halogens is 1. The van der Waals surface area contributed by atoms with Gasteiger partial charge in [-0.25, -0.2) is 0 Å². The zero-order valence-electron chi connectivity index (χ0n) is 15.3. The Balaban J connectivity index is 1.45. The van der Waals surface area contributed by atoms with Crippen molar-refractivity contribution in [3.63, 3.8) is 0 Å². The summed E-state index contributed by atoms with van der Waals surface area (Å²) in [6.45, 7) is 2.61. The number of hydrogen-bond acceptors (Lipinski definition) is 5. The van der Waals surface area contributed by atoms with E-state index in [4.69, 9.17) is 0 Å². The first kappa shape index (κ1) is 18.7. The SMILES string of the molecule is O=C(c1ccccc1Br)N1CCN(c2ccc([N+](=O)[O-])c(NC3CC3)c2)CC1. The van der Waals surface area contributed by atoms with Crippen LogP contribution in [-0.2, 0) is 0 Å². The maximum absolute atomic E-state index is 12.8. The highest BCUT2D eigenvalue weighted by Crippen LogP contribution is 2.34. The van der Waals surface area contributed by atoms with Crippen molar-refractivity contribution in [1.82, 2.24) is 4.90 Å². The van der Waals surface area contributed by atoms with Crippen LogP contribution in [0.2, 0.25) is 0 Å². The molecule has 2 aromatic rings. The second-order valence-electron chi connectivity index (χ2n) is 7.14. The lowest BCUT2D eigenvalue weighted by Crippen LogP contribution is -2.48. The molecule has 0 unspecified atom stereocenters. The predicted molar refractivity (Wildman–Crippen MR) is 112 cm³/mol. The smallest absolute Gasteiger partial charge is 0.292 e. The Morgan fingerprint density at radius 1 is 1.11 bits per heavy atom. The van der Waals surface area contributed by atoms with E-state index < -0.39 is 0 Å². The zero-order chi connectivity index (χ0) is 19.7. The van der Waals surface area contributed by atoms with E-state index >= 15 is 0 Å². The minimum Gasteiger partial charge on any atom is -0.377 e. The standard InChI is InChI=1S/C20H21BrN4O3/c21-17-4-2-1-3-16(17)20(26)24-11-9-23(10-12-24)15-7-8-19(25(27)28)18(13-15)22-14-5-6-14/h1-4,7-8,13-14,22H,5-6,9-12H2. The van der Waals surface area contributed by atoms with Crippen molar-refractivity contribution in [2.45, 2.75) is 18.9 Å². The fourth-order valence-corrected chi connectivity index (χ4v) is 3.87. The van der Waals surface area contributed by atoms with Crippen molar-refractivity contribution in [3.8, 4) is 0 Å². The van der Waals surface area contributed by atoms with Gasteiger partial charge < -0.3 is 15.1 Å². The molecule has 7 nitrogen and oxygen atoms in total. The van der Waals surface area contributed by atoms with Crippen LogP contribution >= 0.6 is 15.9 Å². The first-order valence-electron chi connectivity index (χ1n) is 9.36. The highest BCUT2D eigenvalue weighted by molar-refractivity contribution is 9.10. The first-order chi connectivity index (χ1) is 13.5. The lowest BCUT2D eigenvalue weighted by molar-refractivity contribution is -0.384. The third-order valence-electron chi connectivity index (χ3n) is 5.15. The van der Waals surface area contributed by atoms with Gasteiger partial charge in [0.15, 0.2) is 0 Å². The van der Waals surface area contributed by atoms with E-state index in [9.17, 15) is 14.9 Å².